The number of methoxy groups -OCH3 is 1. The molecule has 3 rings (SSSR count). The molecule has 0 unspecified atom stereocenters. The van der Waals surface area contributed by atoms with E-state index in [1.54, 1.807) is 42.7 Å². The summed E-state index contributed by atoms with van der Waals surface area (Å²) in [6, 6.07) is 13.9. The van der Waals surface area contributed by atoms with Gasteiger partial charge >= 0.3 is 5.97 Å². The van der Waals surface area contributed by atoms with Crippen LogP contribution in [0.15, 0.2) is 60.9 Å². The number of carbonyl (C=O) groups is 1. The lowest BCUT2D eigenvalue weighted by atomic mass is 9.98. The average molecular weight is 345 g/mol. The van der Waals surface area contributed by atoms with Crippen molar-refractivity contribution in [3.63, 3.8) is 0 Å². The predicted molar refractivity (Wildman–Crippen MR) is 99.7 cm³/mol. The van der Waals surface area contributed by atoms with Crippen molar-refractivity contribution >= 4 is 30.8 Å². The molecule has 6 nitrogen and oxygen atoms in total. The summed E-state index contributed by atoms with van der Waals surface area (Å²) in [5.41, 5.74) is 2.26. The quantitative estimate of drug-likeness (QED) is 0.691. The van der Waals surface area contributed by atoms with Crippen molar-refractivity contribution in [1.82, 2.24) is 9.97 Å². The van der Waals surface area contributed by atoms with Crippen LogP contribution in [0.25, 0.3) is 0 Å². The van der Waals surface area contributed by atoms with Crippen LogP contribution in [0, 0.1) is 0 Å². The number of nitrogens with zero attached hydrogens (tertiary/aromatic N) is 3. The Morgan fingerprint density at radius 3 is 2.77 bits per heavy atom. The van der Waals surface area contributed by atoms with Crippen LogP contribution in [0.3, 0.4) is 0 Å². The second kappa shape index (κ2) is 7.69. The van der Waals surface area contributed by atoms with Crippen molar-refractivity contribution in [2.24, 2.45) is 0 Å². The third kappa shape index (κ3) is 3.83. The molecule has 26 heavy (non-hydrogen) atoms. The number of hydrogen-bond acceptors (Lipinski definition) is 5. The second-order valence-corrected chi connectivity index (χ2v) is 5.57. The molecule has 0 saturated heterocycles. The van der Waals surface area contributed by atoms with Gasteiger partial charge in [-0.2, -0.15) is 4.98 Å². The Hall–Kier alpha value is -3.35. The Morgan fingerprint density at radius 1 is 1.23 bits per heavy atom. The molecule has 0 aliphatic heterocycles. The van der Waals surface area contributed by atoms with Crippen LogP contribution in [0.1, 0.15) is 15.9 Å². The van der Waals surface area contributed by atoms with E-state index in [0.717, 1.165) is 5.56 Å². The maximum Gasteiger partial charge on any atom is 0.335 e. The normalized spacial score (nSPS) is 10.3. The standard InChI is InChI=1S/C19H16BN3O3/c1-26-18-16(20)7-8-17(22-18)23(12-13-4-3-9-21-11-13)15-6-2-5-14(10-15)19(24)25/h2-11H,12H2,1H3,(H,24,25). The number of pyridine rings is 2. The Bertz CT molecular complexity index is 919. The van der Waals surface area contributed by atoms with Gasteiger partial charge in [-0.3, -0.25) is 4.98 Å². The van der Waals surface area contributed by atoms with E-state index in [1.807, 2.05) is 23.1 Å². The van der Waals surface area contributed by atoms with Crippen LogP contribution in [-0.4, -0.2) is 36.0 Å². The smallest absolute Gasteiger partial charge is 0.335 e. The topological polar surface area (TPSA) is 75.6 Å². The Kier molecular flexibility index (Phi) is 5.17. The summed E-state index contributed by atoms with van der Waals surface area (Å²) >= 11 is 0. The summed E-state index contributed by atoms with van der Waals surface area (Å²) in [6.45, 7) is 0.455. The van der Waals surface area contributed by atoms with Gasteiger partial charge in [0.05, 0.1) is 19.2 Å². The van der Waals surface area contributed by atoms with Gasteiger partial charge in [-0.15, -0.1) is 0 Å². The van der Waals surface area contributed by atoms with E-state index >= 15 is 0 Å². The number of benzene rings is 1. The molecule has 2 heterocycles. The monoisotopic (exact) mass is 345 g/mol. The predicted octanol–water partition coefficient (Wildman–Crippen LogP) is 2.32. The van der Waals surface area contributed by atoms with E-state index in [-0.39, 0.29) is 5.56 Å². The summed E-state index contributed by atoms with van der Waals surface area (Å²) < 4.78 is 5.21. The van der Waals surface area contributed by atoms with Gasteiger partial charge in [-0.1, -0.05) is 18.2 Å². The molecule has 0 saturated carbocycles. The molecule has 0 atom stereocenters. The number of hydrogen-bond donors (Lipinski definition) is 1. The van der Waals surface area contributed by atoms with Crippen molar-refractivity contribution in [1.29, 1.82) is 0 Å². The van der Waals surface area contributed by atoms with Crippen LogP contribution >= 0.6 is 0 Å². The summed E-state index contributed by atoms with van der Waals surface area (Å²) in [5.74, 6) is -0.0912. The largest absolute Gasteiger partial charge is 0.481 e. The summed E-state index contributed by atoms with van der Waals surface area (Å²) in [5, 5.41) is 9.29. The van der Waals surface area contributed by atoms with Gasteiger partial charge in [0.25, 0.3) is 0 Å². The van der Waals surface area contributed by atoms with Crippen molar-refractivity contribution in [2.45, 2.75) is 6.54 Å². The van der Waals surface area contributed by atoms with E-state index in [1.165, 1.54) is 7.11 Å². The lowest BCUT2D eigenvalue weighted by Crippen LogP contribution is -2.20. The Morgan fingerprint density at radius 2 is 2.08 bits per heavy atom. The zero-order chi connectivity index (χ0) is 18.5. The zero-order valence-electron chi connectivity index (χ0n) is 14.2. The minimum Gasteiger partial charge on any atom is -0.481 e. The molecule has 0 amide bonds. The van der Waals surface area contributed by atoms with Gasteiger partial charge in [0.15, 0.2) is 0 Å². The average Bonchev–Trinajstić information content (AvgIpc) is 2.67. The molecule has 0 aliphatic carbocycles. The van der Waals surface area contributed by atoms with Gasteiger partial charge < -0.3 is 14.7 Å². The highest BCUT2D eigenvalue weighted by Gasteiger charge is 2.15. The van der Waals surface area contributed by atoms with Crippen molar-refractivity contribution in [3.05, 3.63) is 72.1 Å². The molecule has 1 N–H and O–H groups in total. The number of carboxylic acids is 1. The fourth-order valence-electron chi connectivity index (χ4n) is 2.54. The molecular formula is C19H16BN3O3. The van der Waals surface area contributed by atoms with E-state index in [4.69, 9.17) is 12.6 Å². The Balaban J connectivity index is 2.07. The highest BCUT2D eigenvalue weighted by atomic mass is 16.5. The highest BCUT2D eigenvalue weighted by Crippen LogP contribution is 2.27. The minimum atomic E-state index is -0.990. The van der Waals surface area contributed by atoms with Crippen LogP contribution < -0.4 is 15.1 Å². The first kappa shape index (κ1) is 17.5. The van der Waals surface area contributed by atoms with Crippen LogP contribution in [0.5, 0.6) is 5.88 Å². The second-order valence-electron chi connectivity index (χ2n) is 5.57. The first-order valence-electron chi connectivity index (χ1n) is 7.89. The maximum atomic E-state index is 11.3. The van der Waals surface area contributed by atoms with E-state index in [0.29, 0.717) is 29.4 Å². The van der Waals surface area contributed by atoms with Crippen LogP contribution in [-0.2, 0) is 6.54 Å². The van der Waals surface area contributed by atoms with Crippen molar-refractivity contribution in [2.75, 3.05) is 12.0 Å². The SMILES string of the molecule is [B]c1ccc(N(Cc2cccnc2)c2cccc(C(=O)O)c2)nc1OC. The van der Waals surface area contributed by atoms with E-state index in [9.17, 15) is 9.90 Å². The van der Waals surface area contributed by atoms with Crippen molar-refractivity contribution in [3.8, 4) is 5.88 Å². The first-order chi connectivity index (χ1) is 12.6. The third-order valence-electron chi connectivity index (χ3n) is 3.81. The molecule has 7 heteroatoms. The van der Waals surface area contributed by atoms with E-state index < -0.39 is 5.97 Å². The maximum absolute atomic E-state index is 11.3. The van der Waals surface area contributed by atoms with Crippen LogP contribution in [0.2, 0.25) is 0 Å². The number of rotatable bonds is 6. The molecule has 0 fully saturated rings. The Labute approximate surface area is 152 Å². The van der Waals surface area contributed by atoms with Crippen molar-refractivity contribution < 1.29 is 14.6 Å². The number of aromatic nitrogens is 2. The van der Waals surface area contributed by atoms with Gasteiger partial charge in [0.1, 0.15) is 13.7 Å². The minimum absolute atomic E-state index is 0.195. The lowest BCUT2D eigenvalue weighted by Gasteiger charge is -2.25. The first-order valence-corrected chi connectivity index (χ1v) is 7.89. The van der Waals surface area contributed by atoms with Gasteiger partial charge in [-0.25, -0.2) is 4.79 Å². The number of ether oxygens (including phenoxy) is 1. The zero-order valence-corrected chi connectivity index (χ0v) is 14.2. The number of carboxylic acid groups (broad SMARTS) is 1. The highest BCUT2D eigenvalue weighted by molar-refractivity contribution is 6.34. The molecule has 0 spiro atoms. The summed E-state index contributed by atoms with van der Waals surface area (Å²) in [6.07, 6.45) is 3.45. The molecule has 128 valence electrons. The molecule has 0 bridgehead atoms. The molecule has 1 aromatic carbocycles. The van der Waals surface area contributed by atoms with Crippen LogP contribution in [0.4, 0.5) is 11.5 Å². The van der Waals surface area contributed by atoms with E-state index in [2.05, 4.69) is 9.97 Å². The molecule has 3 aromatic rings. The molecular weight excluding hydrogens is 329 g/mol. The lowest BCUT2D eigenvalue weighted by molar-refractivity contribution is 0.0697. The molecule has 0 aliphatic rings. The fraction of sp³-hybridized carbons (Fsp3) is 0.105. The summed E-state index contributed by atoms with van der Waals surface area (Å²) in [4.78, 5) is 21.8. The third-order valence-corrected chi connectivity index (χ3v) is 3.81. The van der Waals surface area contributed by atoms with Gasteiger partial charge in [0, 0.05) is 18.1 Å². The van der Waals surface area contributed by atoms with Gasteiger partial charge in [-0.05, 0) is 41.4 Å². The fourth-order valence-corrected chi connectivity index (χ4v) is 2.54. The number of aromatic carboxylic acids is 1. The molecule has 2 aromatic heterocycles. The number of anilines is 2. The van der Waals surface area contributed by atoms with Gasteiger partial charge in [0.2, 0.25) is 5.88 Å². The molecule has 2 radical (unpaired) electrons. The summed E-state index contributed by atoms with van der Waals surface area (Å²) in [7, 11) is 7.36.